The van der Waals surface area contributed by atoms with Crippen molar-refractivity contribution >= 4 is 11.8 Å². The maximum absolute atomic E-state index is 9.06. The lowest BCUT2D eigenvalue weighted by Crippen LogP contribution is -2.02. The third-order valence-corrected chi connectivity index (χ3v) is 4.61. The molecule has 2 aromatic rings. The van der Waals surface area contributed by atoms with E-state index in [9.17, 15) is 0 Å². The van der Waals surface area contributed by atoms with Crippen LogP contribution in [-0.2, 0) is 18.9 Å². The van der Waals surface area contributed by atoms with Gasteiger partial charge in [-0.15, -0.1) is 16.8 Å². The van der Waals surface area contributed by atoms with Gasteiger partial charge in [0.25, 0.3) is 0 Å². The van der Waals surface area contributed by atoms with Crippen LogP contribution in [0.25, 0.3) is 0 Å². The van der Waals surface area contributed by atoms with Crippen LogP contribution in [0.2, 0.25) is 0 Å². The molecule has 0 bridgehead atoms. The number of thioether (sulfide) groups is 1. The number of hydrogen-bond acceptors (Lipinski definition) is 4. The molecule has 5 heteroatoms. The number of aliphatic hydroxyl groups is 1. The highest BCUT2D eigenvalue weighted by atomic mass is 32.2. The average Bonchev–Trinajstić information content (AvgIpc) is 3.29. The monoisotopic (exact) mass is 301 g/mol. The number of rotatable bonds is 7. The zero-order valence-corrected chi connectivity index (χ0v) is 12.7. The second-order valence-corrected chi connectivity index (χ2v) is 6.22. The number of hydrogen-bond donors (Lipinski definition) is 1. The van der Waals surface area contributed by atoms with Crippen LogP contribution in [0.1, 0.15) is 35.7 Å². The first-order valence-electron chi connectivity index (χ1n) is 7.17. The molecule has 1 heterocycles. The maximum Gasteiger partial charge on any atom is 0.191 e. The highest BCUT2D eigenvalue weighted by molar-refractivity contribution is 7.98. The Morgan fingerprint density at radius 1 is 1.24 bits per heavy atom. The lowest BCUT2D eigenvalue weighted by Gasteiger charge is -2.07. The van der Waals surface area contributed by atoms with Gasteiger partial charge in [-0.3, -0.25) is 0 Å². The van der Waals surface area contributed by atoms with Gasteiger partial charge in [-0.1, -0.05) is 42.1 Å². The highest BCUT2D eigenvalue weighted by Crippen LogP contribution is 2.40. The van der Waals surface area contributed by atoms with E-state index in [1.165, 1.54) is 18.4 Å². The molecule has 0 unspecified atom stereocenters. The summed E-state index contributed by atoms with van der Waals surface area (Å²) in [5.41, 5.74) is 2.16. The Bertz CT molecular complexity index is 617. The largest absolute Gasteiger partial charge is 0.392 e. The van der Waals surface area contributed by atoms with E-state index in [2.05, 4.69) is 33.5 Å². The average molecular weight is 301 g/mol. The van der Waals surface area contributed by atoms with Gasteiger partial charge < -0.3 is 9.67 Å². The zero-order valence-electron chi connectivity index (χ0n) is 11.9. The molecule has 0 spiro atoms. The van der Waals surface area contributed by atoms with Gasteiger partial charge >= 0.3 is 0 Å². The van der Waals surface area contributed by atoms with E-state index in [-0.39, 0.29) is 6.61 Å². The fraction of sp³-hybridized carbons (Fsp3) is 0.375. The minimum absolute atomic E-state index is 0.0891. The van der Waals surface area contributed by atoms with Crippen molar-refractivity contribution in [1.29, 1.82) is 0 Å². The molecule has 1 aliphatic rings. The fourth-order valence-electron chi connectivity index (χ4n) is 2.24. The van der Waals surface area contributed by atoms with Gasteiger partial charge in [-0.25, -0.2) is 0 Å². The molecule has 1 fully saturated rings. The van der Waals surface area contributed by atoms with Crippen molar-refractivity contribution < 1.29 is 5.11 Å². The zero-order chi connectivity index (χ0) is 14.7. The number of aromatic nitrogens is 3. The summed E-state index contributed by atoms with van der Waals surface area (Å²) in [7, 11) is 0. The van der Waals surface area contributed by atoms with Crippen molar-refractivity contribution in [3.05, 3.63) is 53.9 Å². The van der Waals surface area contributed by atoms with Crippen molar-refractivity contribution in [1.82, 2.24) is 14.8 Å². The molecular formula is C16H19N3OS. The number of benzene rings is 1. The molecule has 110 valence electrons. The predicted octanol–water partition coefficient (Wildman–Crippen LogP) is 3.13. The first-order chi connectivity index (χ1) is 10.3. The molecule has 0 amide bonds. The fourth-order valence-corrected chi connectivity index (χ4v) is 3.15. The molecule has 0 atom stereocenters. The van der Waals surface area contributed by atoms with Crippen molar-refractivity contribution in [2.24, 2.45) is 0 Å². The molecule has 1 saturated carbocycles. The Morgan fingerprint density at radius 2 is 1.95 bits per heavy atom. The number of aliphatic hydroxyl groups excluding tert-OH is 1. The SMILES string of the molecule is C=CCn1c(SCc2ccc(CO)cc2)nnc1C1CC1. The Balaban J connectivity index is 1.70. The first-order valence-corrected chi connectivity index (χ1v) is 8.16. The van der Waals surface area contributed by atoms with Gasteiger partial charge in [0.1, 0.15) is 5.82 Å². The molecule has 0 aliphatic heterocycles. The summed E-state index contributed by atoms with van der Waals surface area (Å²) < 4.78 is 2.18. The maximum atomic E-state index is 9.06. The topological polar surface area (TPSA) is 50.9 Å². The van der Waals surface area contributed by atoms with Crippen LogP contribution < -0.4 is 0 Å². The van der Waals surface area contributed by atoms with Crippen molar-refractivity contribution in [2.75, 3.05) is 0 Å². The predicted molar refractivity (Wildman–Crippen MR) is 84.1 cm³/mol. The second kappa shape index (κ2) is 6.45. The molecule has 1 aliphatic carbocycles. The second-order valence-electron chi connectivity index (χ2n) is 5.28. The van der Waals surface area contributed by atoms with Gasteiger partial charge in [0.15, 0.2) is 5.16 Å². The van der Waals surface area contributed by atoms with Gasteiger partial charge in [-0.05, 0) is 24.0 Å². The molecule has 21 heavy (non-hydrogen) atoms. The first kappa shape index (κ1) is 14.4. The van der Waals surface area contributed by atoms with E-state index >= 15 is 0 Å². The Morgan fingerprint density at radius 3 is 2.57 bits per heavy atom. The van der Waals surface area contributed by atoms with Gasteiger partial charge in [0.05, 0.1) is 6.61 Å². The minimum Gasteiger partial charge on any atom is -0.392 e. The van der Waals surface area contributed by atoms with E-state index in [1.54, 1.807) is 11.8 Å². The summed E-state index contributed by atoms with van der Waals surface area (Å²) in [5, 5.41) is 18.7. The van der Waals surface area contributed by atoms with E-state index < -0.39 is 0 Å². The molecule has 3 rings (SSSR count). The van der Waals surface area contributed by atoms with Crippen LogP contribution in [0.15, 0.2) is 42.1 Å². The van der Waals surface area contributed by atoms with E-state index in [4.69, 9.17) is 5.11 Å². The molecular weight excluding hydrogens is 282 g/mol. The van der Waals surface area contributed by atoms with Crippen LogP contribution in [0.3, 0.4) is 0 Å². The van der Waals surface area contributed by atoms with Crippen molar-refractivity contribution in [2.45, 2.75) is 42.8 Å². The minimum atomic E-state index is 0.0891. The third-order valence-electron chi connectivity index (χ3n) is 3.57. The molecule has 1 N–H and O–H groups in total. The third kappa shape index (κ3) is 3.36. The lowest BCUT2D eigenvalue weighted by atomic mass is 10.2. The quantitative estimate of drug-likeness (QED) is 0.630. The Labute approximate surface area is 128 Å². The van der Waals surface area contributed by atoms with Gasteiger partial charge in [0.2, 0.25) is 0 Å². The lowest BCUT2D eigenvalue weighted by molar-refractivity contribution is 0.282. The molecule has 1 aromatic carbocycles. The normalized spacial score (nSPS) is 14.3. The summed E-state index contributed by atoms with van der Waals surface area (Å²) in [6.07, 6.45) is 4.35. The molecule has 0 saturated heterocycles. The highest BCUT2D eigenvalue weighted by Gasteiger charge is 2.30. The van der Waals surface area contributed by atoms with Crippen molar-refractivity contribution in [3.63, 3.8) is 0 Å². The standard InChI is InChI=1S/C16H19N3OS/c1-2-9-19-15(14-7-8-14)17-18-16(19)21-11-13-5-3-12(10-20)4-6-13/h2-6,14,20H,1,7-11H2. The van der Waals surface area contributed by atoms with Crippen LogP contribution in [0, 0.1) is 0 Å². The van der Waals surface area contributed by atoms with Crippen LogP contribution in [0.5, 0.6) is 0 Å². The number of nitrogens with zero attached hydrogens (tertiary/aromatic N) is 3. The van der Waals surface area contributed by atoms with E-state index in [0.717, 1.165) is 28.8 Å². The Kier molecular flexibility index (Phi) is 4.41. The van der Waals surface area contributed by atoms with Gasteiger partial charge in [-0.2, -0.15) is 0 Å². The smallest absolute Gasteiger partial charge is 0.191 e. The van der Waals surface area contributed by atoms with Crippen LogP contribution in [0.4, 0.5) is 0 Å². The summed E-state index contributed by atoms with van der Waals surface area (Å²) in [6, 6.07) is 8.02. The Hall–Kier alpha value is -1.59. The summed E-state index contributed by atoms with van der Waals surface area (Å²) in [4.78, 5) is 0. The van der Waals surface area contributed by atoms with Crippen LogP contribution in [-0.4, -0.2) is 19.9 Å². The summed E-state index contributed by atoms with van der Waals surface area (Å²) in [6.45, 7) is 4.68. The molecule has 4 nitrogen and oxygen atoms in total. The van der Waals surface area contributed by atoms with Crippen molar-refractivity contribution in [3.8, 4) is 0 Å². The van der Waals surface area contributed by atoms with E-state index in [1.807, 2.05) is 18.2 Å². The van der Waals surface area contributed by atoms with Crippen LogP contribution >= 0.6 is 11.8 Å². The number of allylic oxidation sites excluding steroid dienone is 1. The molecule has 0 radical (unpaired) electrons. The summed E-state index contributed by atoms with van der Waals surface area (Å²) in [5.74, 6) is 2.55. The summed E-state index contributed by atoms with van der Waals surface area (Å²) >= 11 is 1.70. The van der Waals surface area contributed by atoms with E-state index in [0.29, 0.717) is 5.92 Å². The van der Waals surface area contributed by atoms with Gasteiger partial charge in [0, 0.05) is 18.2 Å². The molecule has 1 aromatic heterocycles.